The van der Waals surface area contributed by atoms with Gasteiger partial charge in [-0.25, -0.2) is 4.39 Å². The van der Waals surface area contributed by atoms with Crippen LogP contribution in [0.15, 0.2) is 18.2 Å². The molecule has 1 aliphatic rings. The van der Waals surface area contributed by atoms with Gasteiger partial charge in [0.15, 0.2) is 0 Å². The van der Waals surface area contributed by atoms with Gasteiger partial charge in [-0.05, 0) is 18.9 Å². The van der Waals surface area contributed by atoms with Crippen molar-refractivity contribution in [2.75, 3.05) is 7.11 Å². The molecule has 0 heterocycles. The SMILES string of the molecule is COc1ccc(CNC2CCCCC2Cl)c(F)c1. The molecule has 2 nitrogen and oxygen atoms in total. The molecule has 2 atom stereocenters. The largest absolute Gasteiger partial charge is 0.497 e. The van der Waals surface area contributed by atoms with Gasteiger partial charge in [0.2, 0.25) is 0 Å². The molecule has 0 aliphatic heterocycles. The lowest BCUT2D eigenvalue weighted by molar-refractivity contribution is 0.375. The summed E-state index contributed by atoms with van der Waals surface area (Å²) in [4.78, 5) is 0. The van der Waals surface area contributed by atoms with Gasteiger partial charge in [0.05, 0.1) is 7.11 Å². The Bertz CT molecular complexity index is 399. The van der Waals surface area contributed by atoms with E-state index in [1.807, 2.05) is 0 Å². The molecule has 0 saturated heterocycles. The lowest BCUT2D eigenvalue weighted by Gasteiger charge is -2.28. The standard InChI is InChI=1S/C14H19ClFNO/c1-18-11-7-6-10(13(16)8-11)9-17-14-5-3-2-4-12(14)15/h6-8,12,14,17H,2-5,9H2,1H3. The van der Waals surface area contributed by atoms with Gasteiger partial charge in [-0.2, -0.15) is 0 Å². The molecule has 1 saturated carbocycles. The number of hydrogen-bond donors (Lipinski definition) is 1. The molecule has 2 rings (SSSR count). The Hall–Kier alpha value is -0.800. The van der Waals surface area contributed by atoms with Crippen LogP contribution in [0.3, 0.4) is 0 Å². The Kier molecular flexibility index (Phi) is 4.84. The Balaban J connectivity index is 1.93. The van der Waals surface area contributed by atoms with Gasteiger partial charge >= 0.3 is 0 Å². The average molecular weight is 272 g/mol. The number of rotatable bonds is 4. The highest BCUT2D eigenvalue weighted by atomic mass is 35.5. The molecule has 18 heavy (non-hydrogen) atoms. The first-order valence-corrected chi connectivity index (χ1v) is 6.84. The van der Waals surface area contributed by atoms with E-state index in [1.54, 1.807) is 12.1 Å². The Morgan fingerprint density at radius 2 is 2.17 bits per heavy atom. The van der Waals surface area contributed by atoms with Gasteiger partial charge in [-0.3, -0.25) is 0 Å². The second-order valence-corrected chi connectivity index (χ2v) is 5.31. The van der Waals surface area contributed by atoms with Crippen molar-refractivity contribution in [3.8, 4) is 5.75 Å². The molecule has 1 aromatic rings. The lowest BCUT2D eigenvalue weighted by Crippen LogP contribution is -2.39. The van der Waals surface area contributed by atoms with Crippen molar-refractivity contribution in [1.29, 1.82) is 0 Å². The summed E-state index contributed by atoms with van der Waals surface area (Å²) < 4.78 is 18.7. The second-order valence-electron chi connectivity index (χ2n) is 4.75. The first kappa shape index (κ1) is 13.6. The number of nitrogens with one attached hydrogen (secondary N) is 1. The van der Waals surface area contributed by atoms with E-state index in [0.717, 1.165) is 12.8 Å². The van der Waals surface area contributed by atoms with Crippen LogP contribution in [-0.4, -0.2) is 18.5 Å². The molecule has 2 unspecified atom stereocenters. The van der Waals surface area contributed by atoms with E-state index in [9.17, 15) is 4.39 Å². The number of methoxy groups -OCH3 is 1. The maximum Gasteiger partial charge on any atom is 0.131 e. The second kappa shape index (κ2) is 6.39. The summed E-state index contributed by atoms with van der Waals surface area (Å²) in [5, 5.41) is 3.52. The van der Waals surface area contributed by atoms with Crippen LogP contribution < -0.4 is 10.1 Å². The monoisotopic (exact) mass is 271 g/mol. The van der Waals surface area contributed by atoms with E-state index in [-0.39, 0.29) is 11.2 Å². The minimum Gasteiger partial charge on any atom is -0.497 e. The molecule has 1 aromatic carbocycles. The zero-order valence-electron chi connectivity index (χ0n) is 10.6. The van der Waals surface area contributed by atoms with Gasteiger partial charge < -0.3 is 10.1 Å². The van der Waals surface area contributed by atoms with Gasteiger partial charge in [0, 0.05) is 29.6 Å². The normalized spacial score (nSPS) is 23.9. The van der Waals surface area contributed by atoms with E-state index in [0.29, 0.717) is 23.9 Å². The topological polar surface area (TPSA) is 21.3 Å². The zero-order valence-corrected chi connectivity index (χ0v) is 11.3. The van der Waals surface area contributed by atoms with E-state index >= 15 is 0 Å². The highest BCUT2D eigenvalue weighted by molar-refractivity contribution is 6.21. The Morgan fingerprint density at radius 3 is 2.83 bits per heavy atom. The third kappa shape index (κ3) is 3.36. The van der Waals surface area contributed by atoms with Crippen LogP contribution in [0.1, 0.15) is 31.2 Å². The van der Waals surface area contributed by atoms with Crippen molar-refractivity contribution in [1.82, 2.24) is 5.32 Å². The fraction of sp³-hybridized carbons (Fsp3) is 0.571. The molecule has 100 valence electrons. The summed E-state index contributed by atoms with van der Waals surface area (Å²) in [5.41, 5.74) is 0.658. The van der Waals surface area contributed by atoms with Crippen molar-refractivity contribution >= 4 is 11.6 Å². The fourth-order valence-corrected chi connectivity index (χ4v) is 2.72. The minimum absolute atomic E-state index is 0.167. The van der Waals surface area contributed by atoms with Crippen LogP contribution in [0.2, 0.25) is 0 Å². The maximum atomic E-state index is 13.7. The summed E-state index contributed by atoms with van der Waals surface area (Å²) in [7, 11) is 1.53. The molecule has 0 spiro atoms. The third-order valence-electron chi connectivity index (χ3n) is 3.50. The first-order valence-electron chi connectivity index (χ1n) is 6.40. The predicted octanol–water partition coefficient (Wildman–Crippen LogP) is 3.47. The van der Waals surface area contributed by atoms with Crippen LogP contribution in [0.5, 0.6) is 5.75 Å². The van der Waals surface area contributed by atoms with E-state index in [2.05, 4.69) is 5.32 Å². The van der Waals surface area contributed by atoms with Crippen molar-refractivity contribution in [3.63, 3.8) is 0 Å². The minimum atomic E-state index is -0.233. The van der Waals surface area contributed by atoms with Crippen molar-refractivity contribution in [3.05, 3.63) is 29.6 Å². The third-order valence-corrected chi connectivity index (χ3v) is 4.02. The molecule has 4 heteroatoms. The smallest absolute Gasteiger partial charge is 0.131 e. The molecule has 0 amide bonds. The van der Waals surface area contributed by atoms with Crippen LogP contribution >= 0.6 is 11.6 Å². The summed E-state index contributed by atoms with van der Waals surface area (Å²) in [6.45, 7) is 0.518. The number of ether oxygens (including phenoxy) is 1. The van der Waals surface area contributed by atoms with Crippen molar-refractivity contribution in [2.45, 2.75) is 43.6 Å². The fourth-order valence-electron chi connectivity index (χ4n) is 2.35. The molecule has 0 aromatic heterocycles. The first-order chi connectivity index (χ1) is 8.70. The van der Waals surface area contributed by atoms with Gasteiger partial charge in [-0.15, -0.1) is 11.6 Å². The molecule has 1 N–H and O–H groups in total. The quantitative estimate of drug-likeness (QED) is 0.847. The average Bonchev–Trinajstić information content (AvgIpc) is 2.39. The number of halogens is 2. The number of alkyl halides is 1. The van der Waals surface area contributed by atoms with Crippen LogP contribution in [0.4, 0.5) is 4.39 Å². The highest BCUT2D eigenvalue weighted by Crippen LogP contribution is 2.24. The van der Waals surface area contributed by atoms with E-state index in [4.69, 9.17) is 16.3 Å². The molecule has 1 aliphatic carbocycles. The summed E-state index contributed by atoms with van der Waals surface area (Å²) in [5.74, 6) is 0.313. The van der Waals surface area contributed by atoms with Gasteiger partial charge in [0.25, 0.3) is 0 Å². The van der Waals surface area contributed by atoms with Crippen molar-refractivity contribution < 1.29 is 9.13 Å². The molecular formula is C14H19ClFNO. The van der Waals surface area contributed by atoms with Gasteiger partial charge in [-0.1, -0.05) is 18.9 Å². The highest BCUT2D eigenvalue weighted by Gasteiger charge is 2.22. The molecule has 0 bridgehead atoms. The van der Waals surface area contributed by atoms with Crippen molar-refractivity contribution in [2.24, 2.45) is 0 Å². The summed E-state index contributed by atoms with van der Waals surface area (Å²) in [6, 6.07) is 5.24. The Morgan fingerprint density at radius 1 is 1.39 bits per heavy atom. The number of hydrogen-bond acceptors (Lipinski definition) is 2. The molecular weight excluding hydrogens is 253 g/mol. The Labute approximate surface area is 112 Å². The maximum absolute atomic E-state index is 13.7. The molecule has 0 radical (unpaired) electrons. The summed E-state index contributed by atoms with van der Waals surface area (Å²) >= 11 is 6.26. The number of benzene rings is 1. The van der Waals surface area contributed by atoms with E-state index in [1.165, 1.54) is 26.0 Å². The van der Waals surface area contributed by atoms with Crippen LogP contribution in [-0.2, 0) is 6.54 Å². The summed E-state index contributed by atoms with van der Waals surface area (Å²) in [6.07, 6.45) is 4.52. The van der Waals surface area contributed by atoms with Crippen LogP contribution in [0.25, 0.3) is 0 Å². The zero-order chi connectivity index (χ0) is 13.0. The molecule has 1 fully saturated rings. The van der Waals surface area contributed by atoms with Crippen LogP contribution in [0, 0.1) is 5.82 Å². The van der Waals surface area contributed by atoms with E-state index < -0.39 is 0 Å². The lowest BCUT2D eigenvalue weighted by atomic mass is 9.95. The predicted molar refractivity (Wildman–Crippen MR) is 71.7 cm³/mol. The van der Waals surface area contributed by atoms with Gasteiger partial charge in [0.1, 0.15) is 11.6 Å².